The van der Waals surface area contributed by atoms with Crippen LogP contribution in [-0.2, 0) is 4.79 Å². The molecule has 0 saturated carbocycles. The maximum absolute atomic E-state index is 10.3. The lowest BCUT2D eigenvalue weighted by Gasteiger charge is -1.99. The second kappa shape index (κ2) is 22.5. The van der Waals surface area contributed by atoms with Crippen molar-refractivity contribution in [3.05, 3.63) is 73.0 Å². The van der Waals surface area contributed by atoms with E-state index in [0.29, 0.717) is 6.42 Å². The smallest absolute Gasteiger partial charge is 0.303 e. The number of benzene rings is 1. The van der Waals surface area contributed by atoms with Gasteiger partial charge in [-0.25, -0.2) is 4.98 Å². The number of hydrogen-bond donors (Lipinski definition) is 2. The molecule has 0 spiro atoms. The molecule has 2 heterocycles. The Hall–Kier alpha value is -2.95. The summed E-state index contributed by atoms with van der Waals surface area (Å²) in [6, 6.07) is 12.1. The molecule has 2 aromatic heterocycles. The number of carboxylic acids is 1. The van der Waals surface area contributed by atoms with Gasteiger partial charge >= 0.3 is 5.97 Å². The molecule has 0 unspecified atom stereocenters. The number of carboxylic acid groups (broad SMARTS) is 1. The Morgan fingerprint density at radius 1 is 0.806 bits per heavy atom. The van der Waals surface area contributed by atoms with Crippen molar-refractivity contribution in [1.29, 1.82) is 0 Å². The van der Waals surface area contributed by atoms with Crippen LogP contribution in [0.1, 0.15) is 103 Å². The summed E-state index contributed by atoms with van der Waals surface area (Å²) in [5, 5.41) is 9.71. The van der Waals surface area contributed by atoms with Gasteiger partial charge < -0.3 is 10.1 Å². The number of carbonyl (C=O) groups is 1. The van der Waals surface area contributed by atoms with Crippen molar-refractivity contribution in [2.45, 2.75) is 104 Å². The van der Waals surface area contributed by atoms with Gasteiger partial charge in [0.15, 0.2) is 0 Å². The second-order valence-electron chi connectivity index (χ2n) is 9.10. The average molecular weight is 494 g/mol. The number of pyridine rings is 1. The van der Waals surface area contributed by atoms with Gasteiger partial charge in [0, 0.05) is 30.4 Å². The topological polar surface area (TPSA) is 78.9 Å². The summed E-state index contributed by atoms with van der Waals surface area (Å²) in [5.41, 5.74) is 1.06. The number of unbranched alkanes of at least 4 members (excludes halogenated alkanes) is 11. The molecule has 0 aliphatic rings. The lowest BCUT2D eigenvalue weighted by molar-refractivity contribution is -0.137. The highest BCUT2D eigenvalue weighted by atomic mass is 16.4. The highest BCUT2D eigenvalue weighted by Gasteiger charge is 1.96. The highest BCUT2D eigenvalue weighted by Crippen LogP contribution is 2.10. The standard InChI is InChI=1S/C18H34O2.C9H7N.C4H6N2/c1-2-3-4-5-6-7-8-9-10-11-12-13-14-15-16-17-18(19)20;1-2-6-9-8(4-1)5-3-7-10-9;1-4-5-2-3-6-4/h9-10H,2-8,11-17H2,1H3,(H,19,20);1-7H;2-3H,1H3,(H,5,6)/b10-9+;;. The number of aryl methyl sites for hydroxylation is 1. The molecule has 36 heavy (non-hydrogen) atoms. The molecule has 198 valence electrons. The van der Waals surface area contributed by atoms with Gasteiger partial charge in [0.25, 0.3) is 0 Å². The zero-order chi connectivity index (χ0) is 26.1. The molecule has 0 bridgehead atoms. The molecule has 0 aliphatic heterocycles. The molecule has 2 N–H and O–H groups in total. The number of nitrogens with one attached hydrogen (secondary N) is 1. The molecule has 0 atom stereocenters. The molecule has 0 aliphatic carbocycles. The van der Waals surface area contributed by atoms with Gasteiger partial charge in [-0.1, -0.05) is 94.7 Å². The Labute approximate surface area is 218 Å². The van der Waals surface area contributed by atoms with Gasteiger partial charge in [-0.15, -0.1) is 0 Å². The van der Waals surface area contributed by atoms with Crippen LogP contribution in [0.3, 0.4) is 0 Å². The van der Waals surface area contributed by atoms with Gasteiger partial charge in [0.1, 0.15) is 5.82 Å². The monoisotopic (exact) mass is 493 g/mol. The molecule has 0 saturated heterocycles. The molecule has 0 fully saturated rings. The van der Waals surface area contributed by atoms with Crippen molar-refractivity contribution in [3.63, 3.8) is 0 Å². The molecule has 3 rings (SSSR count). The number of aliphatic carboxylic acids is 1. The first-order valence-electron chi connectivity index (χ1n) is 13.8. The molecular formula is C31H47N3O2. The van der Waals surface area contributed by atoms with Gasteiger partial charge in [-0.05, 0) is 51.2 Å². The molecule has 3 aromatic rings. The van der Waals surface area contributed by atoms with E-state index in [-0.39, 0.29) is 0 Å². The molecule has 5 heteroatoms. The zero-order valence-corrected chi connectivity index (χ0v) is 22.5. The first-order chi connectivity index (χ1) is 17.6. The van der Waals surface area contributed by atoms with Gasteiger partial charge in [0.05, 0.1) is 5.52 Å². The fourth-order valence-electron chi connectivity index (χ4n) is 3.71. The SMILES string of the molecule is CCCCCCCC/C=C/CCCCCCCC(=O)O.Cc1ncc[nH]1.c1ccc2ncccc2c1. The van der Waals surface area contributed by atoms with E-state index in [0.717, 1.165) is 24.2 Å². The van der Waals surface area contributed by atoms with Crippen LogP contribution < -0.4 is 0 Å². The van der Waals surface area contributed by atoms with E-state index in [1.807, 2.05) is 37.4 Å². The summed E-state index contributed by atoms with van der Waals surface area (Å²) in [5.74, 6) is 0.303. The summed E-state index contributed by atoms with van der Waals surface area (Å²) >= 11 is 0. The predicted molar refractivity (Wildman–Crippen MR) is 152 cm³/mol. The van der Waals surface area contributed by atoms with E-state index >= 15 is 0 Å². The number of fused-ring (bicyclic) bond motifs is 1. The molecule has 0 amide bonds. The van der Waals surface area contributed by atoms with E-state index in [1.165, 1.54) is 76.0 Å². The number of nitrogens with zero attached hydrogens (tertiary/aromatic N) is 2. The van der Waals surface area contributed by atoms with Crippen LogP contribution in [-0.4, -0.2) is 26.0 Å². The summed E-state index contributed by atoms with van der Waals surface area (Å²) in [6.07, 6.45) is 26.6. The van der Waals surface area contributed by atoms with Gasteiger partial charge in [-0.2, -0.15) is 0 Å². The van der Waals surface area contributed by atoms with E-state index < -0.39 is 5.97 Å². The average Bonchev–Trinajstić information content (AvgIpc) is 3.38. The fourth-order valence-corrected chi connectivity index (χ4v) is 3.71. The Balaban J connectivity index is 0.000000326. The molecular weight excluding hydrogens is 446 g/mol. The van der Waals surface area contributed by atoms with Crippen molar-refractivity contribution < 1.29 is 9.90 Å². The number of hydrogen-bond acceptors (Lipinski definition) is 3. The lowest BCUT2D eigenvalue weighted by atomic mass is 10.1. The summed E-state index contributed by atoms with van der Waals surface area (Å²) < 4.78 is 0. The minimum Gasteiger partial charge on any atom is -0.481 e. The Morgan fingerprint density at radius 3 is 1.97 bits per heavy atom. The summed E-state index contributed by atoms with van der Waals surface area (Å²) in [6.45, 7) is 4.18. The van der Waals surface area contributed by atoms with Crippen molar-refractivity contribution in [2.75, 3.05) is 0 Å². The van der Waals surface area contributed by atoms with Crippen LogP contribution in [0.25, 0.3) is 10.9 Å². The minimum atomic E-state index is -0.664. The lowest BCUT2D eigenvalue weighted by Crippen LogP contribution is -1.93. The largest absolute Gasteiger partial charge is 0.481 e. The number of para-hydroxylation sites is 1. The Morgan fingerprint density at radius 2 is 1.42 bits per heavy atom. The van der Waals surface area contributed by atoms with Crippen LogP contribution in [0.15, 0.2) is 67.1 Å². The predicted octanol–water partition coefficient (Wildman–Crippen LogP) is 9.06. The third kappa shape index (κ3) is 18.4. The maximum atomic E-state index is 10.3. The van der Waals surface area contributed by atoms with Gasteiger partial charge in [0.2, 0.25) is 0 Å². The van der Waals surface area contributed by atoms with Crippen molar-refractivity contribution in [1.82, 2.24) is 15.0 Å². The van der Waals surface area contributed by atoms with Gasteiger partial charge in [-0.3, -0.25) is 9.78 Å². The summed E-state index contributed by atoms with van der Waals surface area (Å²) in [7, 11) is 0. The molecule has 5 nitrogen and oxygen atoms in total. The zero-order valence-electron chi connectivity index (χ0n) is 22.5. The quantitative estimate of drug-likeness (QED) is 0.163. The van der Waals surface area contributed by atoms with Crippen LogP contribution >= 0.6 is 0 Å². The first-order valence-corrected chi connectivity index (χ1v) is 13.8. The normalized spacial score (nSPS) is 10.5. The minimum absolute atomic E-state index is 0.332. The number of allylic oxidation sites excluding steroid dienone is 2. The van der Waals surface area contributed by atoms with E-state index in [9.17, 15) is 4.79 Å². The van der Waals surface area contributed by atoms with E-state index in [4.69, 9.17) is 5.11 Å². The van der Waals surface area contributed by atoms with Crippen LogP contribution in [0.2, 0.25) is 0 Å². The number of aromatic amines is 1. The number of aromatic nitrogens is 3. The summed E-state index contributed by atoms with van der Waals surface area (Å²) in [4.78, 5) is 21.3. The molecule has 1 aromatic carbocycles. The van der Waals surface area contributed by atoms with E-state index in [1.54, 1.807) is 12.4 Å². The molecule has 0 radical (unpaired) electrons. The highest BCUT2D eigenvalue weighted by molar-refractivity contribution is 5.77. The fraction of sp³-hybridized carbons (Fsp3) is 0.516. The first kappa shape index (κ1) is 31.1. The Kier molecular flexibility index (Phi) is 19.4. The van der Waals surface area contributed by atoms with Crippen LogP contribution in [0.5, 0.6) is 0 Å². The van der Waals surface area contributed by atoms with Crippen LogP contribution in [0.4, 0.5) is 0 Å². The van der Waals surface area contributed by atoms with E-state index in [2.05, 4.69) is 46.2 Å². The van der Waals surface area contributed by atoms with Crippen molar-refractivity contribution >= 4 is 16.9 Å². The van der Waals surface area contributed by atoms with Crippen molar-refractivity contribution in [2.24, 2.45) is 0 Å². The number of rotatable bonds is 15. The second-order valence-corrected chi connectivity index (χ2v) is 9.10. The Bertz CT molecular complexity index is 857. The third-order valence-electron chi connectivity index (χ3n) is 5.80. The van der Waals surface area contributed by atoms with Crippen LogP contribution in [0, 0.1) is 6.92 Å². The maximum Gasteiger partial charge on any atom is 0.303 e. The number of H-pyrrole nitrogens is 1. The number of imidazole rings is 1. The third-order valence-corrected chi connectivity index (χ3v) is 5.80. The van der Waals surface area contributed by atoms with Crippen molar-refractivity contribution in [3.8, 4) is 0 Å².